The maximum Gasteiger partial charge on any atom is 0.248 e. The Morgan fingerprint density at radius 2 is 1.86 bits per heavy atom. The summed E-state index contributed by atoms with van der Waals surface area (Å²) in [4.78, 5) is 16.2. The fourth-order valence-electron chi connectivity index (χ4n) is 3.40. The molecule has 0 saturated heterocycles. The van der Waals surface area contributed by atoms with Crippen molar-refractivity contribution in [2.45, 2.75) is 19.3 Å². The molecule has 0 saturated carbocycles. The van der Waals surface area contributed by atoms with Crippen LogP contribution in [0.3, 0.4) is 0 Å². The number of rotatable bonds is 9. The SMILES string of the molecule is O=C(/C=C/c1ccc(COC(Cn2ccnc2)c2ccc(Cl)cc2Cl)cc1)Nc1ccc(F)cc1. The Bertz CT molecular complexity index is 1290. The Labute approximate surface area is 212 Å². The average Bonchev–Trinajstić information content (AvgIpc) is 3.36. The molecule has 1 unspecified atom stereocenters. The molecule has 1 N–H and O–H groups in total. The van der Waals surface area contributed by atoms with Crippen molar-refractivity contribution in [2.75, 3.05) is 5.32 Å². The number of carbonyl (C=O) groups excluding carboxylic acids is 1. The third-order valence-corrected chi connectivity index (χ3v) is 5.78. The van der Waals surface area contributed by atoms with Crippen LogP contribution in [0.2, 0.25) is 10.0 Å². The molecule has 0 bridgehead atoms. The number of halogens is 3. The Balaban J connectivity index is 1.37. The van der Waals surface area contributed by atoms with Crippen molar-refractivity contribution >= 4 is 40.9 Å². The van der Waals surface area contributed by atoms with E-state index in [1.165, 1.54) is 30.3 Å². The molecule has 1 heterocycles. The number of nitrogens with zero attached hydrogens (tertiary/aromatic N) is 2. The maximum atomic E-state index is 13.0. The Morgan fingerprint density at radius 1 is 1.09 bits per heavy atom. The minimum Gasteiger partial charge on any atom is -0.367 e. The van der Waals surface area contributed by atoms with Crippen LogP contribution in [0.1, 0.15) is 22.8 Å². The smallest absolute Gasteiger partial charge is 0.248 e. The van der Waals surface area contributed by atoms with Gasteiger partial charge in [-0.1, -0.05) is 53.5 Å². The average molecular weight is 510 g/mol. The zero-order valence-corrected chi connectivity index (χ0v) is 20.1. The second-order valence-corrected chi connectivity index (χ2v) is 8.64. The fraction of sp³-hybridized carbons (Fsp3) is 0.111. The van der Waals surface area contributed by atoms with Crippen molar-refractivity contribution in [2.24, 2.45) is 0 Å². The maximum absolute atomic E-state index is 13.0. The van der Waals surface area contributed by atoms with Crippen molar-refractivity contribution < 1.29 is 13.9 Å². The van der Waals surface area contributed by atoms with Crippen LogP contribution in [-0.2, 0) is 22.7 Å². The molecular formula is C27H22Cl2FN3O2. The first-order chi connectivity index (χ1) is 17.0. The number of amides is 1. The van der Waals surface area contributed by atoms with E-state index in [1.54, 1.807) is 30.7 Å². The van der Waals surface area contributed by atoms with Crippen LogP contribution in [0.5, 0.6) is 0 Å². The van der Waals surface area contributed by atoms with Gasteiger partial charge in [0, 0.05) is 39.8 Å². The van der Waals surface area contributed by atoms with Gasteiger partial charge in [-0.05, 0) is 53.6 Å². The fourth-order valence-corrected chi connectivity index (χ4v) is 3.93. The Kier molecular flexibility index (Phi) is 8.32. The van der Waals surface area contributed by atoms with Gasteiger partial charge in [0.15, 0.2) is 0 Å². The molecule has 178 valence electrons. The van der Waals surface area contributed by atoms with Crippen LogP contribution in [-0.4, -0.2) is 15.5 Å². The molecule has 5 nitrogen and oxygen atoms in total. The number of hydrogen-bond acceptors (Lipinski definition) is 3. The van der Waals surface area contributed by atoms with Crippen LogP contribution >= 0.6 is 23.2 Å². The van der Waals surface area contributed by atoms with Crippen LogP contribution in [0.25, 0.3) is 6.08 Å². The van der Waals surface area contributed by atoms with Gasteiger partial charge in [-0.3, -0.25) is 4.79 Å². The normalized spacial score (nSPS) is 12.1. The number of imidazole rings is 1. The summed E-state index contributed by atoms with van der Waals surface area (Å²) < 4.78 is 21.1. The highest BCUT2D eigenvalue weighted by Crippen LogP contribution is 2.30. The minimum atomic E-state index is -0.355. The van der Waals surface area contributed by atoms with Gasteiger partial charge in [-0.2, -0.15) is 0 Å². The van der Waals surface area contributed by atoms with Crippen molar-refractivity contribution in [3.63, 3.8) is 0 Å². The second-order valence-electron chi connectivity index (χ2n) is 7.80. The first-order valence-corrected chi connectivity index (χ1v) is 11.6. The lowest BCUT2D eigenvalue weighted by atomic mass is 10.1. The van der Waals surface area contributed by atoms with Gasteiger partial charge in [-0.15, -0.1) is 0 Å². The number of nitrogens with one attached hydrogen (secondary N) is 1. The predicted octanol–water partition coefficient (Wildman–Crippen LogP) is 6.94. The first kappa shape index (κ1) is 24.7. The van der Waals surface area contributed by atoms with E-state index in [0.29, 0.717) is 28.9 Å². The van der Waals surface area contributed by atoms with Crippen LogP contribution in [0.15, 0.2) is 91.5 Å². The first-order valence-electron chi connectivity index (χ1n) is 10.8. The van der Waals surface area contributed by atoms with Crippen LogP contribution in [0, 0.1) is 5.82 Å². The monoisotopic (exact) mass is 509 g/mol. The van der Waals surface area contributed by atoms with E-state index in [1.807, 2.05) is 41.1 Å². The van der Waals surface area contributed by atoms with Crippen LogP contribution in [0.4, 0.5) is 10.1 Å². The molecule has 0 aliphatic carbocycles. The number of anilines is 1. The largest absolute Gasteiger partial charge is 0.367 e. The molecule has 1 amide bonds. The lowest BCUT2D eigenvalue weighted by molar-refractivity contribution is -0.111. The standard InChI is InChI=1S/C27H22Cl2FN3O2/c28-21-6-11-24(25(29)15-21)26(16-33-14-13-31-18-33)35-17-20-3-1-19(2-4-20)5-12-27(34)32-23-9-7-22(30)8-10-23/h1-15,18,26H,16-17H2,(H,32,34)/b12-5+. The van der Waals surface area contributed by atoms with E-state index in [2.05, 4.69) is 10.3 Å². The lowest BCUT2D eigenvalue weighted by Crippen LogP contribution is -2.12. The number of carbonyl (C=O) groups is 1. The second kappa shape index (κ2) is 11.8. The summed E-state index contributed by atoms with van der Waals surface area (Å²) in [5.41, 5.74) is 3.20. The van der Waals surface area contributed by atoms with Gasteiger partial charge >= 0.3 is 0 Å². The molecule has 0 aliphatic heterocycles. The summed E-state index contributed by atoms with van der Waals surface area (Å²) in [6.07, 6.45) is 8.15. The molecule has 0 radical (unpaired) electrons. The minimum absolute atomic E-state index is 0.300. The molecule has 4 aromatic rings. The van der Waals surface area contributed by atoms with Gasteiger partial charge in [0.1, 0.15) is 11.9 Å². The highest BCUT2D eigenvalue weighted by molar-refractivity contribution is 6.35. The quantitative estimate of drug-likeness (QED) is 0.248. The molecule has 0 spiro atoms. The molecule has 1 aromatic heterocycles. The summed E-state index contributed by atoms with van der Waals surface area (Å²) in [6, 6.07) is 18.7. The summed E-state index contributed by atoms with van der Waals surface area (Å²) in [7, 11) is 0. The van der Waals surface area contributed by atoms with Gasteiger partial charge in [-0.25, -0.2) is 9.37 Å². The van der Waals surface area contributed by atoms with Gasteiger partial charge in [0.05, 0.1) is 19.5 Å². The van der Waals surface area contributed by atoms with E-state index in [4.69, 9.17) is 27.9 Å². The molecule has 0 fully saturated rings. The van der Waals surface area contributed by atoms with E-state index >= 15 is 0 Å². The summed E-state index contributed by atoms with van der Waals surface area (Å²) >= 11 is 12.5. The summed E-state index contributed by atoms with van der Waals surface area (Å²) in [5.74, 6) is -0.655. The highest BCUT2D eigenvalue weighted by atomic mass is 35.5. The number of ether oxygens (including phenoxy) is 1. The molecule has 3 aromatic carbocycles. The molecular weight excluding hydrogens is 488 g/mol. The third kappa shape index (κ3) is 7.26. The van der Waals surface area contributed by atoms with Gasteiger partial charge < -0.3 is 14.6 Å². The molecule has 4 rings (SSSR count). The zero-order valence-electron chi connectivity index (χ0n) is 18.6. The van der Waals surface area contributed by atoms with E-state index in [-0.39, 0.29) is 17.8 Å². The van der Waals surface area contributed by atoms with E-state index < -0.39 is 0 Å². The van der Waals surface area contributed by atoms with Crippen molar-refractivity contribution in [1.82, 2.24) is 9.55 Å². The molecule has 35 heavy (non-hydrogen) atoms. The number of hydrogen-bond donors (Lipinski definition) is 1. The third-order valence-electron chi connectivity index (χ3n) is 5.22. The topological polar surface area (TPSA) is 56.2 Å². The van der Waals surface area contributed by atoms with E-state index in [0.717, 1.165) is 16.7 Å². The molecule has 0 aliphatic rings. The van der Waals surface area contributed by atoms with Crippen molar-refractivity contribution in [3.05, 3.63) is 124 Å². The van der Waals surface area contributed by atoms with Crippen molar-refractivity contribution in [1.29, 1.82) is 0 Å². The lowest BCUT2D eigenvalue weighted by Gasteiger charge is -2.20. The van der Waals surface area contributed by atoms with Crippen LogP contribution < -0.4 is 5.32 Å². The highest BCUT2D eigenvalue weighted by Gasteiger charge is 2.17. The summed E-state index contributed by atoms with van der Waals surface area (Å²) in [6.45, 7) is 0.915. The van der Waals surface area contributed by atoms with Crippen molar-refractivity contribution in [3.8, 4) is 0 Å². The summed E-state index contributed by atoms with van der Waals surface area (Å²) in [5, 5.41) is 3.80. The van der Waals surface area contributed by atoms with Gasteiger partial charge in [0.25, 0.3) is 0 Å². The number of aromatic nitrogens is 2. The molecule has 8 heteroatoms. The number of benzene rings is 3. The molecule has 1 atom stereocenters. The van der Waals surface area contributed by atoms with E-state index in [9.17, 15) is 9.18 Å². The predicted molar refractivity (Wildman–Crippen MR) is 137 cm³/mol. The van der Waals surface area contributed by atoms with Gasteiger partial charge in [0.2, 0.25) is 5.91 Å². The Morgan fingerprint density at radius 3 is 2.54 bits per heavy atom. The zero-order chi connectivity index (χ0) is 24.6. The Hall–Kier alpha value is -3.45.